The first kappa shape index (κ1) is 18.3. The van der Waals surface area contributed by atoms with Crippen LogP contribution in [0.4, 0.5) is 25.0 Å². The standard InChI is InChI=1S/C18H21F2N3O3S/c19-14-7-12(8-15(20)16(14)22-3-5-27-6-4-22)23-10-13(26-18(23)25)9-21-17(24)11-1-2-11/h7-8,11,13H,1-6,9-10H2,(H,21,24)/t13-/m0/s1. The zero-order valence-electron chi connectivity index (χ0n) is 14.7. The number of carbonyl (C=O) groups is 2. The van der Waals surface area contributed by atoms with Crippen LogP contribution < -0.4 is 15.1 Å². The lowest BCUT2D eigenvalue weighted by atomic mass is 10.2. The number of ether oxygens (including phenoxy) is 1. The number of cyclic esters (lactones) is 1. The number of hydrogen-bond acceptors (Lipinski definition) is 5. The topological polar surface area (TPSA) is 61.9 Å². The van der Waals surface area contributed by atoms with Gasteiger partial charge in [-0.15, -0.1) is 0 Å². The average Bonchev–Trinajstić information content (AvgIpc) is 3.43. The minimum Gasteiger partial charge on any atom is -0.442 e. The van der Waals surface area contributed by atoms with Crippen LogP contribution in [0.15, 0.2) is 12.1 Å². The molecule has 2 amide bonds. The molecule has 0 spiro atoms. The van der Waals surface area contributed by atoms with Gasteiger partial charge in [0.1, 0.15) is 11.8 Å². The van der Waals surface area contributed by atoms with Crippen molar-refractivity contribution in [2.75, 3.05) is 47.5 Å². The van der Waals surface area contributed by atoms with Crippen LogP contribution >= 0.6 is 11.8 Å². The second-order valence-corrected chi connectivity index (χ2v) is 8.22. The second-order valence-electron chi connectivity index (χ2n) is 6.99. The highest BCUT2D eigenvalue weighted by Crippen LogP contribution is 2.32. The minimum atomic E-state index is -0.685. The largest absolute Gasteiger partial charge is 0.442 e. The molecule has 0 radical (unpaired) electrons. The first-order chi connectivity index (χ1) is 13.0. The molecule has 0 unspecified atom stereocenters. The number of halogens is 2. The summed E-state index contributed by atoms with van der Waals surface area (Å²) in [5, 5.41) is 2.75. The Labute approximate surface area is 160 Å². The van der Waals surface area contributed by atoms with E-state index in [4.69, 9.17) is 4.74 Å². The summed E-state index contributed by atoms with van der Waals surface area (Å²) in [6.07, 6.45) is 0.582. The number of hydrogen-bond donors (Lipinski definition) is 1. The molecule has 6 nitrogen and oxygen atoms in total. The summed E-state index contributed by atoms with van der Waals surface area (Å²) in [6.45, 7) is 1.52. The van der Waals surface area contributed by atoms with Crippen molar-refractivity contribution in [3.63, 3.8) is 0 Å². The second kappa shape index (κ2) is 7.53. The third kappa shape index (κ3) is 3.97. The third-order valence-corrected chi connectivity index (χ3v) is 5.91. The van der Waals surface area contributed by atoms with Gasteiger partial charge in [-0.1, -0.05) is 0 Å². The van der Waals surface area contributed by atoms with Crippen LogP contribution in [0.5, 0.6) is 0 Å². The molecule has 4 rings (SSSR count). The molecule has 146 valence electrons. The van der Waals surface area contributed by atoms with E-state index in [1.807, 2.05) is 0 Å². The molecule has 2 heterocycles. The Morgan fingerprint density at radius 3 is 2.52 bits per heavy atom. The molecule has 0 bridgehead atoms. The van der Waals surface area contributed by atoms with E-state index in [1.165, 1.54) is 17.0 Å². The summed E-state index contributed by atoms with van der Waals surface area (Å²) in [5.74, 6) is 0.318. The number of anilines is 2. The predicted molar refractivity (Wildman–Crippen MR) is 99.2 cm³/mol. The molecule has 0 aromatic heterocycles. The normalized spacial score (nSPS) is 22.7. The van der Waals surface area contributed by atoms with E-state index in [9.17, 15) is 18.4 Å². The molecule has 1 aliphatic carbocycles. The van der Waals surface area contributed by atoms with Gasteiger partial charge < -0.3 is 15.0 Å². The molecule has 2 saturated heterocycles. The van der Waals surface area contributed by atoms with Crippen molar-refractivity contribution in [1.82, 2.24) is 5.32 Å². The maximum atomic E-state index is 14.6. The molecule has 3 fully saturated rings. The lowest BCUT2D eigenvalue weighted by molar-refractivity contribution is -0.122. The van der Waals surface area contributed by atoms with Crippen molar-refractivity contribution in [3.05, 3.63) is 23.8 Å². The lowest BCUT2D eigenvalue weighted by Gasteiger charge is -2.29. The summed E-state index contributed by atoms with van der Waals surface area (Å²) < 4.78 is 34.4. The van der Waals surface area contributed by atoms with E-state index in [-0.39, 0.29) is 36.3 Å². The van der Waals surface area contributed by atoms with E-state index in [0.29, 0.717) is 13.1 Å². The van der Waals surface area contributed by atoms with Gasteiger partial charge in [0.15, 0.2) is 11.6 Å². The van der Waals surface area contributed by atoms with Crippen molar-refractivity contribution in [2.24, 2.45) is 5.92 Å². The van der Waals surface area contributed by atoms with Crippen molar-refractivity contribution in [1.29, 1.82) is 0 Å². The van der Waals surface area contributed by atoms with E-state index in [0.717, 1.165) is 24.3 Å². The van der Waals surface area contributed by atoms with Gasteiger partial charge >= 0.3 is 6.09 Å². The quantitative estimate of drug-likeness (QED) is 0.827. The maximum absolute atomic E-state index is 14.6. The number of carbonyl (C=O) groups excluding carboxylic acids is 2. The Hall–Kier alpha value is -2.03. The van der Waals surface area contributed by atoms with E-state index >= 15 is 0 Å². The fourth-order valence-corrected chi connectivity index (χ4v) is 4.24. The van der Waals surface area contributed by atoms with Gasteiger partial charge in [-0.05, 0) is 12.8 Å². The number of nitrogens with one attached hydrogen (secondary N) is 1. The highest BCUT2D eigenvalue weighted by Gasteiger charge is 2.35. The third-order valence-electron chi connectivity index (χ3n) is 4.97. The van der Waals surface area contributed by atoms with Crippen LogP contribution in [0.1, 0.15) is 12.8 Å². The molecule has 1 aromatic rings. The number of benzene rings is 1. The Morgan fingerprint density at radius 2 is 1.89 bits per heavy atom. The summed E-state index contributed by atoms with van der Waals surface area (Å²) in [4.78, 5) is 26.7. The van der Waals surface area contributed by atoms with E-state index in [1.54, 1.807) is 16.7 Å². The summed E-state index contributed by atoms with van der Waals surface area (Å²) >= 11 is 1.76. The summed E-state index contributed by atoms with van der Waals surface area (Å²) in [5.41, 5.74) is 0.0843. The molecular formula is C18H21F2N3O3S. The molecule has 2 aliphatic heterocycles. The van der Waals surface area contributed by atoms with Gasteiger partial charge in [-0.25, -0.2) is 13.6 Å². The SMILES string of the molecule is O=C(NC[C@H]1CN(c2cc(F)c(N3CCSCC3)c(F)c2)C(=O)O1)C1CC1. The predicted octanol–water partition coefficient (Wildman–Crippen LogP) is 2.37. The molecule has 1 saturated carbocycles. The van der Waals surface area contributed by atoms with Gasteiger partial charge in [0.25, 0.3) is 0 Å². The van der Waals surface area contributed by atoms with Crippen molar-refractivity contribution in [2.45, 2.75) is 18.9 Å². The molecule has 1 N–H and O–H groups in total. The number of rotatable bonds is 5. The Kier molecular flexibility index (Phi) is 5.12. The van der Waals surface area contributed by atoms with Crippen LogP contribution in [0.3, 0.4) is 0 Å². The summed E-state index contributed by atoms with van der Waals surface area (Å²) in [6, 6.07) is 2.35. The van der Waals surface area contributed by atoms with Gasteiger partial charge in [0.2, 0.25) is 5.91 Å². The fourth-order valence-electron chi connectivity index (χ4n) is 3.34. The highest BCUT2D eigenvalue weighted by atomic mass is 32.2. The molecule has 9 heteroatoms. The van der Waals surface area contributed by atoms with Crippen molar-refractivity contribution >= 4 is 35.1 Å². The first-order valence-corrected chi connectivity index (χ1v) is 10.3. The average molecular weight is 397 g/mol. The van der Waals surface area contributed by atoms with E-state index < -0.39 is 23.8 Å². The van der Waals surface area contributed by atoms with Gasteiger partial charge in [0.05, 0.1) is 18.8 Å². The van der Waals surface area contributed by atoms with Crippen LogP contribution in [-0.2, 0) is 9.53 Å². The van der Waals surface area contributed by atoms with Crippen LogP contribution in [0.2, 0.25) is 0 Å². The van der Waals surface area contributed by atoms with Gasteiger partial charge in [-0.3, -0.25) is 9.69 Å². The number of nitrogens with zero attached hydrogens (tertiary/aromatic N) is 2. The minimum absolute atomic E-state index is 0.0364. The summed E-state index contributed by atoms with van der Waals surface area (Å²) in [7, 11) is 0. The molecular weight excluding hydrogens is 376 g/mol. The smallest absolute Gasteiger partial charge is 0.414 e. The Bertz CT molecular complexity index is 730. The monoisotopic (exact) mass is 397 g/mol. The number of thioether (sulfide) groups is 1. The lowest BCUT2D eigenvalue weighted by Crippen LogP contribution is -2.35. The van der Waals surface area contributed by atoms with Gasteiger partial charge in [-0.2, -0.15) is 11.8 Å². The molecule has 27 heavy (non-hydrogen) atoms. The fraction of sp³-hybridized carbons (Fsp3) is 0.556. The van der Waals surface area contributed by atoms with Crippen molar-refractivity contribution in [3.8, 4) is 0 Å². The van der Waals surface area contributed by atoms with Crippen molar-refractivity contribution < 1.29 is 23.1 Å². The zero-order valence-corrected chi connectivity index (χ0v) is 15.6. The Balaban J connectivity index is 1.44. The first-order valence-electron chi connectivity index (χ1n) is 9.10. The molecule has 3 aliphatic rings. The maximum Gasteiger partial charge on any atom is 0.414 e. The Morgan fingerprint density at radius 1 is 1.22 bits per heavy atom. The van der Waals surface area contributed by atoms with Crippen LogP contribution in [-0.4, -0.2) is 55.8 Å². The highest BCUT2D eigenvalue weighted by molar-refractivity contribution is 7.99. The van der Waals surface area contributed by atoms with Crippen LogP contribution in [0.25, 0.3) is 0 Å². The number of amides is 2. The zero-order chi connectivity index (χ0) is 19.0. The van der Waals surface area contributed by atoms with Gasteiger partial charge in [0, 0.05) is 42.6 Å². The van der Waals surface area contributed by atoms with E-state index in [2.05, 4.69) is 5.32 Å². The molecule has 1 atom stereocenters. The molecule has 1 aromatic carbocycles. The van der Waals surface area contributed by atoms with Crippen LogP contribution in [0, 0.1) is 17.6 Å².